The maximum Gasteiger partial charge on any atom is 0.139 e. The second-order valence-corrected chi connectivity index (χ2v) is 6.42. The lowest BCUT2D eigenvalue weighted by Gasteiger charge is -2.29. The number of nitrogens with one attached hydrogen (secondary N) is 1. The highest BCUT2D eigenvalue weighted by Gasteiger charge is 2.30. The van der Waals surface area contributed by atoms with Crippen molar-refractivity contribution in [2.24, 2.45) is 0 Å². The predicted octanol–water partition coefficient (Wildman–Crippen LogP) is 4.43. The van der Waals surface area contributed by atoms with Gasteiger partial charge in [-0.1, -0.05) is 41.9 Å². The molecule has 0 fully saturated rings. The Morgan fingerprint density at radius 1 is 1.00 bits per heavy atom. The maximum atomic E-state index is 6.44. The fourth-order valence-corrected chi connectivity index (χ4v) is 3.43. The van der Waals surface area contributed by atoms with Crippen LogP contribution >= 0.6 is 11.6 Å². The van der Waals surface area contributed by atoms with Gasteiger partial charge in [-0.2, -0.15) is 0 Å². The van der Waals surface area contributed by atoms with Crippen LogP contribution in [0, 0.1) is 0 Å². The molecule has 2 heterocycles. The second kappa shape index (κ2) is 5.80. The molecule has 4 rings (SSSR count). The molecule has 1 N–H and O–H groups in total. The Labute approximate surface area is 146 Å². The zero-order valence-electron chi connectivity index (χ0n) is 13.5. The fourth-order valence-electron chi connectivity index (χ4n) is 3.19. The first kappa shape index (κ1) is 15.0. The van der Waals surface area contributed by atoms with Crippen LogP contribution < -0.4 is 10.2 Å². The number of aromatic nitrogens is 2. The molecule has 0 radical (unpaired) electrons. The highest BCUT2D eigenvalue weighted by Crippen LogP contribution is 2.46. The third kappa shape index (κ3) is 2.39. The molecule has 3 aromatic rings. The molecular weight excluding hydrogens is 320 g/mol. The van der Waals surface area contributed by atoms with Gasteiger partial charge in [-0.15, -0.1) is 0 Å². The molecule has 1 aromatic heterocycles. The third-order valence-electron chi connectivity index (χ3n) is 4.39. The van der Waals surface area contributed by atoms with Crippen LogP contribution in [-0.2, 0) is 0 Å². The molecule has 24 heavy (non-hydrogen) atoms. The highest BCUT2D eigenvalue weighted by molar-refractivity contribution is 6.30. The Morgan fingerprint density at radius 3 is 2.50 bits per heavy atom. The van der Waals surface area contributed by atoms with Crippen molar-refractivity contribution in [1.82, 2.24) is 9.97 Å². The Hall–Kier alpha value is -2.59. The minimum atomic E-state index is 0.0161. The van der Waals surface area contributed by atoms with Gasteiger partial charge in [-0.25, -0.2) is 9.97 Å². The van der Waals surface area contributed by atoms with Crippen LogP contribution in [0.25, 0.3) is 0 Å². The van der Waals surface area contributed by atoms with E-state index in [1.165, 1.54) is 17.5 Å². The van der Waals surface area contributed by atoms with Crippen LogP contribution in [0.1, 0.15) is 22.6 Å². The molecule has 0 saturated carbocycles. The van der Waals surface area contributed by atoms with Gasteiger partial charge in [0, 0.05) is 37.0 Å². The topological polar surface area (TPSA) is 41.0 Å². The first-order chi connectivity index (χ1) is 11.6. The number of fused-ring (bicyclic) bond motifs is 2. The van der Waals surface area contributed by atoms with Crippen molar-refractivity contribution in [2.75, 3.05) is 24.3 Å². The van der Waals surface area contributed by atoms with E-state index in [9.17, 15) is 0 Å². The predicted molar refractivity (Wildman–Crippen MR) is 98.5 cm³/mol. The summed E-state index contributed by atoms with van der Waals surface area (Å²) in [6, 6.07) is 16.8. The summed E-state index contributed by atoms with van der Waals surface area (Å²) in [6.45, 7) is 0. The summed E-state index contributed by atoms with van der Waals surface area (Å²) >= 11 is 6.44. The molecule has 0 saturated heterocycles. The van der Waals surface area contributed by atoms with Gasteiger partial charge in [0.1, 0.15) is 17.3 Å². The summed E-state index contributed by atoms with van der Waals surface area (Å²) in [5.74, 6) is 0.790. The van der Waals surface area contributed by atoms with E-state index in [0.717, 1.165) is 22.8 Å². The molecule has 1 aliphatic rings. The number of para-hydroxylation sites is 1. The van der Waals surface area contributed by atoms with E-state index in [2.05, 4.69) is 56.6 Å². The largest absolute Gasteiger partial charge is 0.378 e. The summed E-state index contributed by atoms with van der Waals surface area (Å²) in [5.41, 5.74) is 5.50. The van der Waals surface area contributed by atoms with Crippen molar-refractivity contribution >= 4 is 28.8 Å². The first-order valence-corrected chi connectivity index (χ1v) is 8.16. The van der Waals surface area contributed by atoms with Crippen molar-refractivity contribution in [1.29, 1.82) is 0 Å². The quantitative estimate of drug-likeness (QED) is 0.550. The van der Waals surface area contributed by atoms with E-state index in [0.29, 0.717) is 5.15 Å². The van der Waals surface area contributed by atoms with E-state index in [1.807, 2.05) is 26.2 Å². The van der Waals surface area contributed by atoms with Gasteiger partial charge < -0.3 is 10.2 Å². The van der Waals surface area contributed by atoms with Gasteiger partial charge in [0.05, 0.1) is 0 Å². The van der Waals surface area contributed by atoms with Gasteiger partial charge in [-0.3, -0.25) is 0 Å². The normalized spacial score (nSPS) is 15.2. The van der Waals surface area contributed by atoms with Crippen LogP contribution in [0.4, 0.5) is 17.2 Å². The number of hydrogen-bond donors (Lipinski definition) is 1. The molecule has 1 atom stereocenters. The van der Waals surface area contributed by atoms with Crippen molar-refractivity contribution in [2.45, 2.75) is 5.92 Å². The van der Waals surface area contributed by atoms with E-state index in [1.54, 1.807) is 0 Å². The molecule has 1 aliphatic heterocycles. The van der Waals surface area contributed by atoms with Gasteiger partial charge in [0.25, 0.3) is 0 Å². The summed E-state index contributed by atoms with van der Waals surface area (Å²) in [6.07, 6.45) is 1.49. The third-order valence-corrected chi connectivity index (χ3v) is 4.69. The Kier molecular flexibility index (Phi) is 3.62. The number of rotatable bonds is 2. The Balaban J connectivity index is 1.91. The van der Waals surface area contributed by atoms with Gasteiger partial charge >= 0.3 is 0 Å². The average molecular weight is 337 g/mol. The van der Waals surface area contributed by atoms with Gasteiger partial charge in [-0.05, 0) is 29.3 Å². The molecule has 4 nitrogen and oxygen atoms in total. The lowest BCUT2D eigenvalue weighted by Crippen LogP contribution is -2.16. The van der Waals surface area contributed by atoms with Gasteiger partial charge in [0.2, 0.25) is 0 Å². The molecule has 0 amide bonds. The molecule has 0 aliphatic carbocycles. The Bertz CT molecular complexity index is 890. The van der Waals surface area contributed by atoms with Crippen LogP contribution in [0.2, 0.25) is 5.15 Å². The molecular formula is C19H17ClN4. The highest BCUT2D eigenvalue weighted by atomic mass is 35.5. The number of hydrogen-bond acceptors (Lipinski definition) is 4. The lowest BCUT2D eigenvalue weighted by atomic mass is 9.83. The van der Waals surface area contributed by atoms with Crippen molar-refractivity contribution in [3.05, 3.63) is 76.7 Å². The average Bonchev–Trinajstić information content (AvgIpc) is 2.60. The number of anilines is 3. The van der Waals surface area contributed by atoms with Crippen molar-refractivity contribution < 1.29 is 0 Å². The minimum absolute atomic E-state index is 0.0161. The van der Waals surface area contributed by atoms with E-state index < -0.39 is 0 Å². The SMILES string of the molecule is CN(C)c1ccc(C2c3ccccc3Nc3ncnc(Cl)c32)cc1. The molecule has 0 spiro atoms. The van der Waals surface area contributed by atoms with Crippen LogP contribution in [0.3, 0.4) is 0 Å². The standard InChI is InChI=1S/C19H17ClN4/c1-24(2)13-9-7-12(8-10-13)16-14-5-3-4-6-15(14)23-19-17(16)18(20)21-11-22-19/h3-11,16H,1-2H3,(H,21,22,23). The molecule has 1 unspecified atom stereocenters. The van der Waals surface area contributed by atoms with Crippen molar-refractivity contribution in [3.63, 3.8) is 0 Å². The maximum absolute atomic E-state index is 6.44. The van der Waals surface area contributed by atoms with E-state index in [4.69, 9.17) is 11.6 Å². The zero-order valence-corrected chi connectivity index (χ0v) is 14.2. The number of benzene rings is 2. The molecule has 120 valence electrons. The molecule has 5 heteroatoms. The summed E-state index contributed by atoms with van der Waals surface area (Å²) in [4.78, 5) is 10.7. The summed E-state index contributed by atoms with van der Waals surface area (Å²) in [5, 5.41) is 3.86. The van der Waals surface area contributed by atoms with Crippen LogP contribution in [-0.4, -0.2) is 24.1 Å². The van der Waals surface area contributed by atoms with Gasteiger partial charge in [0.15, 0.2) is 0 Å². The first-order valence-electron chi connectivity index (χ1n) is 7.79. The number of halogens is 1. The van der Waals surface area contributed by atoms with Crippen molar-refractivity contribution in [3.8, 4) is 0 Å². The summed E-state index contributed by atoms with van der Waals surface area (Å²) in [7, 11) is 4.07. The van der Waals surface area contributed by atoms with Crippen LogP contribution in [0.5, 0.6) is 0 Å². The molecule has 0 bridgehead atoms. The van der Waals surface area contributed by atoms with E-state index in [-0.39, 0.29) is 5.92 Å². The monoisotopic (exact) mass is 336 g/mol. The summed E-state index contributed by atoms with van der Waals surface area (Å²) < 4.78 is 0. The number of nitrogens with zero attached hydrogens (tertiary/aromatic N) is 3. The smallest absolute Gasteiger partial charge is 0.139 e. The zero-order chi connectivity index (χ0) is 16.7. The Morgan fingerprint density at radius 2 is 1.75 bits per heavy atom. The fraction of sp³-hybridized carbons (Fsp3) is 0.158. The minimum Gasteiger partial charge on any atom is -0.378 e. The van der Waals surface area contributed by atoms with Crippen LogP contribution in [0.15, 0.2) is 54.9 Å². The lowest BCUT2D eigenvalue weighted by molar-refractivity contribution is 0.926. The second-order valence-electron chi connectivity index (χ2n) is 6.06. The van der Waals surface area contributed by atoms with E-state index >= 15 is 0 Å². The molecule has 2 aromatic carbocycles.